The Balaban J connectivity index is 3.12. The highest BCUT2D eigenvalue weighted by Gasteiger charge is 2.23. The molecule has 1 unspecified atom stereocenters. The van der Waals surface area contributed by atoms with E-state index in [0.717, 1.165) is 19.3 Å². The van der Waals surface area contributed by atoms with E-state index in [9.17, 15) is 14.9 Å². The number of unbranched alkanes of at least 4 members (excludes halogenated alkanes) is 1. The fourth-order valence-corrected chi connectivity index (χ4v) is 2.43. The topological polar surface area (TPSA) is 63.5 Å². The van der Waals surface area contributed by atoms with Crippen molar-refractivity contribution in [3.63, 3.8) is 0 Å². The predicted octanol–water partition coefficient (Wildman–Crippen LogP) is 4.40. The highest BCUT2D eigenvalue weighted by atomic mass is 79.9. The summed E-state index contributed by atoms with van der Waals surface area (Å²) in [5.41, 5.74) is 0.279. The third-order valence-corrected chi connectivity index (χ3v) is 4.22. The second-order valence-electron chi connectivity index (χ2n) is 5.03. The Bertz CT molecular complexity index is 520. The standard InChI is InChI=1S/C15H21BrN2O3/c1-4-6-9-17(11(3)5-2)15(19)13-10-12(18(20)21)7-8-14(13)16/h7-8,10-11H,4-6,9H2,1-3H3. The monoisotopic (exact) mass is 356 g/mol. The lowest BCUT2D eigenvalue weighted by molar-refractivity contribution is -0.384. The first-order chi connectivity index (χ1) is 9.92. The van der Waals surface area contributed by atoms with E-state index < -0.39 is 4.92 Å². The highest BCUT2D eigenvalue weighted by Crippen LogP contribution is 2.25. The van der Waals surface area contributed by atoms with Gasteiger partial charge in [-0.3, -0.25) is 14.9 Å². The van der Waals surface area contributed by atoms with Crippen molar-refractivity contribution in [2.24, 2.45) is 0 Å². The van der Waals surface area contributed by atoms with E-state index in [4.69, 9.17) is 0 Å². The minimum Gasteiger partial charge on any atom is -0.336 e. The molecule has 0 N–H and O–H groups in total. The number of nitro groups is 1. The summed E-state index contributed by atoms with van der Waals surface area (Å²) in [7, 11) is 0. The molecule has 0 heterocycles. The number of halogens is 1. The minimum atomic E-state index is -0.483. The first-order valence-corrected chi connectivity index (χ1v) is 7.96. The van der Waals surface area contributed by atoms with Gasteiger partial charge in [-0.2, -0.15) is 0 Å². The van der Waals surface area contributed by atoms with Gasteiger partial charge in [0.1, 0.15) is 0 Å². The smallest absolute Gasteiger partial charge is 0.270 e. The zero-order valence-electron chi connectivity index (χ0n) is 12.6. The predicted molar refractivity (Wildman–Crippen MR) is 86.5 cm³/mol. The lowest BCUT2D eigenvalue weighted by Gasteiger charge is -2.29. The van der Waals surface area contributed by atoms with Gasteiger partial charge in [-0.05, 0) is 41.8 Å². The molecule has 0 aromatic heterocycles. The number of rotatable bonds is 7. The molecular weight excluding hydrogens is 336 g/mol. The maximum Gasteiger partial charge on any atom is 0.270 e. The number of hydrogen-bond acceptors (Lipinski definition) is 3. The molecule has 1 aromatic carbocycles. The summed E-state index contributed by atoms with van der Waals surface area (Å²) in [6.07, 6.45) is 2.76. The Morgan fingerprint density at radius 1 is 1.43 bits per heavy atom. The molecule has 0 fully saturated rings. The van der Waals surface area contributed by atoms with Crippen LogP contribution in [0.1, 0.15) is 50.4 Å². The van der Waals surface area contributed by atoms with Crippen LogP contribution in [0.3, 0.4) is 0 Å². The molecule has 0 radical (unpaired) electrons. The number of hydrogen-bond donors (Lipinski definition) is 0. The zero-order chi connectivity index (χ0) is 16.0. The molecule has 6 heteroatoms. The summed E-state index contributed by atoms with van der Waals surface area (Å²) >= 11 is 3.32. The van der Waals surface area contributed by atoms with Gasteiger partial charge >= 0.3 is 0 Å². The van der Waals surface area contributed by atoms with Crippen molar-refractivity contribution in [1.29, 1.82) is 0 Å². The molecule has 0 aliphatic rings. The molecule has 5 nitrogen and oxygen atoms in total. The van der Waals surface area contributed by atoms with E-state index in [2.05, 4.69) is 22.9 Å². The van der Waals surface area contributed by atoms with Crippen LogP contribution in [0.4, 0.5) is 5.69 Å². The molecule has 0 aliphatic heterocycles. The Labute approximate surface area is 133 Å². The van der Waals surface area contributed by atoms with E-state index >= 15 is 0 Å². The van der Waals surface area contributed by atoms with Crippen LogP contribution in [0, 0.1) is 10.1 Å². The summed E-state index contributed by atoms with van der Waals surface area (Å²) in [5, 5.41) is 10.9. The lowest BCUT2D eigenvalue weighted by Crippen LogP contribution is -2.39. The first-order valence-electron chi connectivity index (χ1n) is 7.17. The van der Waals surface area contributed by atoms with Crippen LogP contribution in [0.2, 0.25) is 0 Å². The van der Waals surface area contributed by atoms with Crippen LogP contribution in [0.25, 0.3) is 0 Å². The molecule has 0 aliphatic carbocycles. The van der Waals surface area contributed by atoms with Crippen molar-refractivity contribution < 1.29 is 9.72 Å². The van der Waals surface area contributed by atoms with Gasteiger partial charge in [-0.15, -0.1) is 0 Å². The number of nitrogens with zero attached hydrogens (tertiary/aromatic N) is 2. The Kier molecular flexibility index (Phi) is 6.81. The van der Waals surface area contributed by atoms with Crippen LogP contribution >= 0.6 is 15.9 Å². The SMILES string of the molecule is CCCCN(C(=O)c1cc([N+](=O)[O-])ccc1Br)C(C)CC. The van der Waals surface area contributed by atoms with Gasteiger partial charge in [-0.25, -0.2) is 0 Å². The van der Waals surface area contributed by atoms with E-state index in [1.54, 1.807) is 11.0 Å². The fraction of sp³-hybridized carbons (Fsp3) is 0.533. The molecule has 0 saturated carbocycles. The van der Waals surface area contributed by atoms with Gasteiger partial charge < -0.3 is 4.90 Å². The van der Waals surface area contributed by atoms with Crippen LogP contribution in [0.5, 0.6) is 0 Å². The second-order valence-corrected chi connectivity index (χ2v) is 5.88. The molecule has 21 heavy (non-hydrogen) atoms. The number of benzene rings is 1. The molecule has 1 aromatic rings. The summed E-state index contributed by atoms with van der Waals surface area (Å²) in [5.74, 6) is -0.159. The first kappa shape index (κ1) is 17.6. The normalized spacial score (nSPS) is 12.0. The van der Waals surface area contributed by atoms with Crippen molar-refractivity contribution in [3.8, 4) is 0 Å². The fourth-order valence-electron chi connectivity index (χ4n) is 2.02. The molecule has 1 atom stereocenters. The molecule has 1 amide bonds. The molecule has 116 valence electrons. The summed E-state index contributed by atoms with van der Waals surface area (Å²) in [4.78, 5) is 24.9. The molecular formula is C15H21BrN2O3. The van der Waals surface area contributed by atoms with Crippen molar-refractivity contribution in [2.75, 3.05) is 6.54 Å². The van der Waals surface area contributed by atoms with Crippen LogP contribution in [-0.2, 0) is 0 Å². The van der Waals surface area contributed by atoms with Crippen molar-refractivity contribution >= 4 is 27.5 Å². The zero-order valence-corrected chi connectivity index (χ0v) is 14.2. The lowest BCUT2D eigenvalue weighted by atomic mass is 10.1. The minimum absolute atomic E-state index is 0.0684. The third-order valence-electron chi connectivity index (χ3n) is 3.53. The van der Waals surface area contributed by atoms with Gasteiger partial charge in [0.05, 0.1) is 10.5 Å². The van der Waals surface area contributed by atoms with Gasteiger partial charge in [0.25, 0.3) is 11.6 Å². The third kappa shape index (κ3) is 4.52. The average molecular weight is 357 g/mol. The second kappa shape index (κ2) is 8.12. The van der Waals surface area contributed by atoms with Gasteiger partial charge in [0.15, 0.2) is 0 Å². The number of carbonyl (C=O) groups excluding carboxylic acids is 1. The van der Waals surface area contributed by atoms with Crippen molar-refractivity contribution in [2.45, 2.75) is 46.1 Å². The summed E-state index contributed by atoms with van der Waals surface area (Å²) in [6.45, 7) is 6.76. The number of amides is 1. The van der Waals surface area contributed by atoms with Gasteiger partial charge in [-0.1, -0.05) is 20.3 Å². The van der Waals surface area contributed by atoms with Crippen molar-refractivity contribution in [3.05, 3.63) is 38.3 Å². The quantitative estimate of drug-likeness (QED) is 0.537. The molecule has 1 rings (SSSR count). The van der Waals surface area contributed by atoms with E-state index in [1.165, 1.54) is 12.1 Å². The Morgan fingerprint density at radius 2 is 2.10 bits per heavy atom. The number of non-ortho nitro benzene ring substituents is 1. The van der Waals surface area contributed by atoms with Crippen LogP contribution < -0.4 is 0 Å². The highest BCUT2D eigenvalue weighted by molar-refractivity contribution is 9.10. The molecule has 0 spiro atoms. The average Bonchev–Trinajstić information content (AvgIpc) is 2.47. The Hall–Kier alpha value is -1.43. The van der Waals surface area contributed by atoms with Crippen LogP contribution in [-0.4, -0.2) is 28.3 Å². The van der Waals surface area contributed by atoms with Crippen LogP contribution in [0.15, 0.2) is 22.7 Å². The van der Waals surface area contributed by atoms with E-state index in [0.29, 0.717) is 16.6 Å². The number of nitro benzene ring substituents is 1. The summed E-state index contributed by atoms with van der Waals surface area (Å²) in [6, 6.07) is 4.39. The molecule has 0 bridgehead atoms. The van der Waals surface area contributed by atoms with Gasteiger partial charge in [0, 0.05) is 29.2 Å². The molecule has 0 saturated heterocycles. The summed E-state index contributed by atoms with van der Waals surface area (Å²) < 4.78 is 0.586. The van der Waals surface area contributed by atoms with E-state index in [-0.39, 0.29) is 17.6 Å². The maximum atomic E-state index is 12.7. The maximum absolute atomic E-state index is 12.7. The number of carbonyl (C=O) groups is 1. The van der Waals surface area contributed by atoms with Crippen molar-refractivity contribution in [1.82, 2.24) is 4.90 Å². The van der Waals surface area contributed by atoms with Gasteiger partial charge in [0.2, 0.25) is 0 Å². The largest absolute Gasteiger partial charge is 0.336 e. The van der Waals surface area contributed by atoms with E-state index in [1.807, 2.05) is 13.8 Å². The Morgan fingerprint density at radius 3 is 2.62 bits per heavy atom.